The minimum Gasteiger partial charge on any atom is -0.497 e. The summed E-state index contributed by atoms with van der Waals surface area (Å²) in [6.45, 7) is 0. The summed E-state index contributed by atoms with van der Waals surface area (Å²) in [5, 5.41) is 0. The van der Waals surface area contributed by atoms with Crippen LogP contribution in [-0.4, -0.2) is 30.2 Å². The molecule has 3 heteroatoms. The molecule has 0 aromatic heterocycles. The third-order valence-electron chi connectivity index (χ3n) is 1.05. The zero-order valence-electron chi connectivity index (χ0n) is 5.80. The standard InChI is InChI=1S/C7H7BrO.Mg/c1-9-7-4-2-6(8)3-5-7;/h2-5H,1H3;. The quantitative estimate of drug-likeness (QED) is 0.646. The van der Waals surface area contributed by atoms with E-state index >= 15 is 0 Å². The van der Waals surface area contributed by atoms with Gasteiger partial charge in [-0.3, -0.25) is 0 Å². The molecule has 0 saturated carbocycles. The van der Waals surface area contributed by atoms with Crippen molar-refractivity contribution in [3.05, 3.63) is 28.7 Å². The topological polar surface area (TPSA) is 9.23 Å². The van der Waals surface area contributed by atoms with Crippen LogP contribution >= 0.6 is 15.9 Å². The molecule has 0 aliphatic carbocycles. The number of hydrogen-bond donors (Lipinski definition) is 0. The van der Waals surface area contributed by atoms with Crippen LogP contribution in [-0.2, 0) is 0 Å². The second-order valence-electron chi connectivity index (χ2n) is 1.66. The van der Waals surface area contributed by atoms with E-state index in [1.54, 1.807) is 7.11 Å². The average molecular weight is 211 g/mol. The largest absolute Gasteiger partial charge is 0.497 e. The first-order valence-corrected chi connectivity index (χ1v) is 3.42. The predicted molar refractivity (Wildman–Crippen MR) is 46.4 cm³/mol. The highest BCUT2D eigenvalue weighted by molar-refractivity contribution is 9.10. The van der Waals surface area contributed by atoms with Gasteiger partial charge in [-0.05, 0) is 24.3 Å². The molecule has 0 aliphatic heterocycles. The van der Waals surface area contributed by atoms with E-state index in [0.717, 1.165) is 10.2 Å². The Bertz CT molecular complexity index is 185. The smallest absolute Gasteiger partial charge is 0.118 e. The maximum Gasteiger partial charge on any atom is 0.118 e. The van der Waals surface area contributed by atoms with Gasteiger partial charge in [0.1, 0.15) is 5.75 Å². The molecular weight excluding hydrogens is 204 g/mol. The van der Waals surface area contributed by atoms with Gasteiger partial charge >= 0.3 is 0 Å². The first-order chi connectivity index (χ1) is 4.33. The number of halogens is 1. The van der Waals surface area contributed by atoms with Crippen molar-refractivity contribution in [3.8, 4) is 5.75 Å². The van der Waals surface area contributed by atoms with E-state index < -0.39 is 0 Å². The van der Waals surface area contributed by atoms with Gasteiger partial charge < -0.3 is 4.74 Å². The molecule has 0 saturated heterocycles. The van der Waals surface area contributed by atoms with Crippen molar-refractivity contribution in [2.45, 2.75) is 0 Å². The lowest BCUT2D eigenvalue weighted by Crippen LogP contribution is -1.79. The Morgan fingerprint density at radius 3 is 2.10 bits per heavy atom. The lowest BCUT2D eigenvalue weighted by molar-refractivity contribution is 0.414. The summed E-state index contributed by atoms with van der Waals surface area (Å²) in [5.41, 5.74) is 0. The van der Waals surface area contributed by atoms with Crippen LogP contribution in [0, 0.1) is 0 Å². The Morgan fingerprint density at radius 2 is 1.70 bits per heavy atom. The number of rotatable bonds is 1. The highest BCUT2D eigenvalue weighted by Crippen LogP contribution is 2.14. The summed E-state index contributed by atoms with van der Waals surface area (Å²) in [6.07, 6.45) is 0. The monoisotopic (exact) mass is 210 g/mol. The molecule has 0 atom stereocenters. The summed E-state index contributed by atoms with van der Waals surface area (Å²) >= 11 is 3.32. The summed E-state index contributed by atoms with van der Waals surface area (Å²) in [6, 6.07) is 7.70. The molecule has 0 heterocycles. The summed E-state index contributed by atoms with van der Waals surface area (Å²) in [4.78, 5) is 0. The molecule has 2 radical (unpaired) electrons. The fraction of sp³-hybridized carbons (Fsp3) is 0.143. The SMILES string of the molecule is COc1ccc(Br)cc1.[Mg]. The molecule has 1 rings (SSSR count). The Morgan fingerprint density at radius 1 is 1.20 bits per heavy atom. The Kier molecular flexibility index (Phi) is 5.12. The van der Waals surface area contributed by atoms with Crippen LogP contribution in [0.15, 0.2) is 28.7 Å². The highest BCUT2D eigenvalue weighted by Gasteiger charge is 1.86. The van der Waals surface area contributed by atoms with Gasteiger partial charge in [0, 0.05) is 27.5 Å². The van der Waals surface area contributed by atoms with Crippen molar-refractivity contribution >= 4 is 39.0 Å². The van der Waals surface area contributed by atoms with Crippen LogP contribution in [0.5, 0.6) is 5.75 Å². The van der Waals surface area contributed by atoms with Gasteiger partial charge in [0.2, 0.25) is 0 Å². The van der Waals surface area contributed by atoms with Gasteiger partial charge in [-0.2, -0.15) is 0 Å². The molecule has 1 aromatic carbocycles. The summed E-state index contributed by atoms with van der Waals surface area (Å²) < 4.78 is 6.02. The fourth-order valence-corrected chi connectivity index (χ4v) is 0.835. The van der Waals surface area contributed by atoms with E-state index in [9.17, 15) is 0 Å². The predicted octanol–water partition coefficient (Wildman–Crippen LogP) is 2.08. The van der Waals surface area contributed by atoms with E-state index in [1.165, 1.54) is 0 Å². The van der Waals surface area contributed by atoms with E-state index in [2.05, 4.69) is 15.9 Å². The molecule has 0 amide bonds. The van der Waals surface area contributed by atoms with Crippen LogP contribution in [0.3, 0.4) is 0 Å². The highest BCUT2D eigenvalue weighted by atomic mass is 79.9. The number of benzene rings is 1. The maximum absolute atomic E-state index is 4.95. The van der Waals surface area contributed by atoms with Gasteiger partial charge in [-0.1, -0.05) is 15.9 Å². The molecule has 0 spiro atoms. The average Bonchev–Trinajstić information content (AvgIpc) is 1.90. The van der Waals surface area contributed by atoms with Crippen LogP contribution in [0.4, 0.5) is 0 Å². The molecule has 50 valence electrons. The summed E-state index contributed by atoms with van der Waals surface area (Å²) in [5.74, 6) is 0.887. The minimum atomic E-state index is 0. The normalized spacial score (nSPS) is 8.20. The molecule has 10 heavy (non-hydrogen) atoms. The number of hydrogen-bond acceptors (Lipinski definition) is 1. The van der Waals surface area contributed by atoms with Crippen molar-refractivity contribution in [3.63, 3.8) is 0 Å². The van der Waals surface area contributed by atoms with E-state index in [0.29, 0.717) is 0 Å². The molecule has 0 fully saturated rings. The number of methoxy groups -OCH3 is 1. The molecule has 1 nitrogen and oxygen atoms in total. The molecule has 0 unspecified atom stereocenters. The second-order valence-corrected chi connectivity index (χ2v) is 2.57. The molecule has 0 aliphatic rings. The zero-order valence-corrected chi connectivity index (χ0v) is 8.80. The lowest BCUT2D eigenvalue weighted by atomic mass is 10.3. The zero-order chi connectivity index (χ0) is 6.69. The van der Waals surface area contributed by atoms with Crippen LogP contribution in [0.1, 0.15) is 0 Å². The van der Waals surface area contributed by atoms with E-state index in [4.69, 9.17) is 4.74 Å². The van der Waals surface area contributed by atoms with Gasteiger partial charge in [-0.15, -0.1) is 0 Å². The molecule has 1 aromatic rings. The van der Waals surface area contributed by atoms with Crippen molar-refractivity contribution < 1.29 is 4.74 Å². The van der Waals surface area contributed by atoms with Crippen LogP contribution in [0.2, 0.25) is 0 Å². The third kappa shape index (κ3) is 2.90. The van der Waals surface area contributed by atoms with Crippen molar-refractivity contribution in [1.82, 2.24) is 0 Å². The Labute approximate surface area is 85.0 Å². The van der Waals surface area contributed by atoms with Gasteiger partial charge in [0.25, 0.3) is 0 Å². The first-order valence-electron chi connectivity index (χ1n) is 2.62. The number of ether oxygens (including phenoxy) is 1. The van der Waals surface area contributed by atoms with Crippen molar-refractivity contribution in [2.24, 2.45) is 0 Å². The molecule has 0 bridgehead atoms. The van der Waals surface area contributed by atoms with Crippen LogP contribution in [0.25, 0.3) is 0 Å². The fourth-order valence-electron chi connectivity index (χ4n) is 0.571. The summed E-state index contributed by atoms with van der Waals surface area (Å²) in [7, 11) is 1.66. The maximum atomic E-state index is 4.95. The van der Waals surface area contributed by atoms with Gasteiger partial charge in [0.15, 0.2) is 0 Å². The Balaban J connectivity index is 0.000000810. The lowest BCUT2D eigenvalue weighted by Gasteiger charge is -1.96. The first kappa shape index (κ1) is 10.3. The third-order valence-corrected chi connectivity index (χ3v) is 1.58. The second kappa shape index (κ2) is 4.99. The molecule has 0 N–H and O–H groups in total. The Hall–Kier alpha value is 0.266. The van der Waals surface area contributed by atoms with Crippen molar-refractivity contribution in [2.75, 3.05) is 7.11 Å². The van der Waals surface area contributed by atoms with E-state index in [-0.39, 0.29) is 23.1 Å². The van der Waals surface area contributed by atoms with Gasteiger partial charge in [0.05, 0.1) is 7.11 Å². The van der Waals surface area contributed by atoms with Crippen molar-refractivity contribution in [1.29, 1.82) is 0 Å². The van der Waals surface area contributed by atoms with E-state index in [1.807, 2.05) is 24.3 Å². The molecular formula is C7H7BrMgO. The van der Waals surface area contributed by atoms with Crippen LogP contribution < -0.4 is 4.74 Å². The minimum absolute atomic E-state index is 0. The van der Waals surface area contributed by atoms with Gasteiger partial charge in [-0.25, -0.2) is 0 Å².